The SMILES string of the molecule is CC1(C)CNCC(C)(C)C1=CC(=O)O.Cl. The van der Waals surface area contributed by atoms with E-state index < -0.39 is 5.97 Å². The molecule has 1 aliphatic rings. The Balaban J connectivity index is 0.00000196. The van der Waals surface area contributed by atoms with Crippen LogP contribution in [0.2, 0.25) is 0 Å². The number of piperidine rings is 1. The van der Waals surface area contributed by atoms with Crippen LogP contribution in [-0.4, -0.2) is 24.2 Å². The van der Waals surface area contributed by atoms with Crippen molar-refractivity contribution >= 4 is 18.4 Å². The second-order valence-electron chi connectivity index (χ2n) is 5.27. The van der Waals surface area contributed by atoms with E-state index in [1.807, 2.05) is 0 Å². The van der Waals surface area contributed by atoms with Crippen molar-refractivity contribution in [2.24, 2.45) is 10.8 Å². The Labute approximate surface area is 97.4 Å². The minimum atomic E-state index is -0.844. The lowest BCUT2D eigenvalue weighted by Gasteiger charge is -2.44. The zero-order chi connectivity index (χ0) is 11.0. The molecule has 15 heavy (non-hydrogen) atoms. The van der Waals surface area contributed by atoms with Crippen molar-refractivity contribution in [2.75, 3.05) is 13.1 Å². The molecule has 0 aromatic carbocycles. The van der Waals surface area contributed by atoms with E-state index in [1.165, 1.54) is 6.08 Å². The van der Waals surface area contributed by atoms with E-state index in [4.69, 9.17) is 5.11 Å². The lowest BCUT2D eigenvalue weighted by atomic mass is 9.67. The highest BCUT2D eigenvalue weighted by atomic mass is 35.5. The number of carbonyl (C=O) groups is 1. The molecule has 0 spiro atoms. The zero-order valence-electron chi connectivity index (χ0n) is 9.76. The second-order valence-corrected chi connectivity index (χ2v) is 5.27. The number of hydrogen-bond acceptors (Lipinski definition) is 2. The summed E-state index contributed by atoms with van der Waals surface area (Å²) >= 11 is 0. The first kappa shape index (κ1) is 14.5. The second kappa shape index (κ2) is 4.54. The highest BCUT2D eigenvalue weighted by molar-refractivity contribution is 5.85. The summed E-state index contributed by atoms with van der Waals surface area (Å²) in [6, 6.07) is 0. The Bertz CT molecular complexity index is 264. The first-order valence-electron chi connectivity index (χ1n) is 4.92. The average Bonchev–Trinajstić information content (AvgIpc) is 1.96. The molecule has 0 aromatic heterocycles. The number of nitrogens with one attached hydrogen (secondary N) is 1. The van der Waals surface area contributed by atoms with Crippen molar-refractivity contribution in [3.8, 4) is 0 Å². The number of carboxylic acid groups (broad SMARTS) is 1. The van der Waals surface area contributed by atoms with Gasteiger partial charge in [-0.15, -0.1) is 12.4 Å². The minimum Gasteiger partial charge on any atom is -0.478 e. The van der Waals surface area contributed by atoms with Gasteiger partial charge in [-0.3, -0.25) is 0 Å². The largest absolute Gasteiger partial charge is 0.478 e. The van der Waals surface area contributed by atoms with E-state index in [9.17, 15) is 4.79 Å². The molecule has 3 nitrogen and oxygen atoms in total. The molecule has 0 amide bonds. The van der Waals surface area contributed by atoms with Gasteiger partial charge < -0.3 is 10.4 Å². The van der Waals surface area contributed by atoms with Crippen LogP contribution in [0.4, 0.5) is 0 Å². The normalized spacial score (nSPS) is 22.8. The maximum absolute atomic E-state index is 10.7. The van der Waals surface area contributed by atoms with Crippen LogP contribution in [0.1, 0.15) is 27.7 Å². The van der Waals surface area contributed by atoms with Crippen LogP contribution < -0.4 is 5.32 Å². The van der Waals surface area contributed by atoms with Gasteiger partial charge in [0.05, 0.1) is 0 Å². The zero-order valence-corrected chi connectivity index (χ0v) is 10.6. The van der Waals surface area contributed by atoms with Gasteiger partial charge in [0.1, 0.15) is 0 Å². The summed E-state index contributed by atoms with van der Waals surface area (Å²) < 4.78 is 0. The van der Waals surface area contributed by atoms with Gasteiger partial charge in [0.2, 0.25) is 0 Å². The first-order valence-corrected chi connectivity index (χ1v) is 4.92. The fourth-order valence-electron chi connectivity index (χ4n) is 2.31. The van der Waals surface area contributed by atoms with Gasteiger partial charge in [-0.1, -0.05) is 27.7 Å². The number of halogens is 1. The molecule has 2 N–H and O–H groups in total. The van der Waals surface area contributed by atoms with Crippen LogP contribution in [0.5, 0.6) is 0 Å². The van der Waals surface area contributed by atoms with Crippen LogP contribution in [0.3, 0.4) is 0 Å². The lowest BCUT2D eigenvalue weighted by molar-refractivity contribution is -0.131. The van der Waals surface area contributed by atoms with Crippen molar-refractivity contribution in [1.82, 2.24) is 5.32 Å². The molecule has 0 saturated carbocycles. The van der Waals surface area contributed by atoms with Crippen molar-refractivity contribution in [3.05, 3.63) is 11.6 Å². The van der Waals surface area contributed by atoms with Gasteiger partial charge in [-0.05, 0) is 16.4 Å². The van der Waals surface area contributed by atoms with Gasteiger partial charge >= 0.3 is 5.97 Å². The topological polar surface area (TPSA) is 49.3 Å². The molecule has 0 bridgehead atoms. The van der Waals surface area contributed by atoms with E-state index in [1.54, 1.807) is 0 Å². The Morgan fingerprint density at radius 1 is 1.27 bits per heavy atom. The van der Waals surface area contributed by atoms with Gasteiger partial charge in [0.15, 0.2) is 0 Å². The Hall–Kier alpha value is -0.540. The molecule has 0 radical (unpaired) electrons. The summed E-state index contributed by atoms with van der Waals surface area (Å²) in [4.78, 5) is 10.7. The molecular formula is C11H20ClNO2. The maximum Gasteiger partial charge on any atom is 0.328 e. The lowest BCUT2D eigenvalue weighted by Crippen LogP contribution is -2.48. The summed E-state index contributed by atoms with van der Waals surface area (Å²) in [6.45, 7) is 10.0. The smallest absolute Gasteiger partial charge is 0.328 e. The monoisotopic (exact) mass is 233 g/mol. The van der Waals surface area contributed by atoms with E-state index >= 15 is 0 Å². The molecule has 1 fully saturated rings. The van der Waals surface area contributed by atoms with Crippen molar-refractivity contribution in [3.63, 3.8) is 0 Å². The fourth-order valence-corrected chi connectivity index (χ4v) is 2.31. The van der Waals surface area contributed by atoms with Crippen molar-refractivity contribution in [2.45, 2.75) is 27.7 Å². The molecule has 4 heteroatoms. The van der Waals surface area contributed by atoms with Crippen molar-refractivity contribution in [1.29, 1.82) is 0 Å². The van der Waals surface area contributed by atoms with Crippen LogP contribution in [0.15, 0.2) is 11.6 Å². The van der Waals surface area contributed by atoms with Crippen LogP contribution in [0, 0.1) is 10.8 Å². The molecule has 0 aromatic rings. The minimum absolute atomic E-state index is 0. The number of carboxylic acids is 1. The molecule has 0 aliphatic carbocycles. The fraction of sp³-hybridized carbons (Fsp3) is 0.727. The van der Waals surface area contributed by atoms with Crippen LogP contribution >= 0.6 is 12.4 Å². The van der Waals surface area contributed by atoms with Gasteiger partial charge in [0.25, 0.3) is 0 Å². The first-order chi connectivity index (χ1) is 6.26. The standard InChI is InChI=1S/C11H19NO2.ClH/c1-10(2)6-12-7-11(3,4)8(10)5-9(13)14;/h5,12H,6-7H2,1-4H3,(H,13,14);1H. The highest BCUT2D eigenvalue weighted by Gasteiger charge is 2.38. The van der Waals surface area contributed by atoms with Gasteiger partial charge in [0, 0.05) is 19.2 Å². The van der Waals surface area contributed by atoms with E-state index in [0.717, 1.165) is 18.7 Å². The third kappa shape index (κ3) is 3.21. The molecular weight excluding hydrogens is 214 g/mol. The molecule has 0 atom stereocenters. The molecule has 1 rings (SSSR count). The van der Waals surface area contributed by atoms with Crippen LogP contribution in [0.25, 0.3) is 0 Å². The quantitative estimate of drug-likeness (QED) is 0.682. The van der Waals surface area contributed by atoms with Crippen LogP contribution in [-0.2, 0) is 4.79 Å². The Morgan fingerprint density at radius 3 is 2.00 bits per heavy atom. The maximum atomic E-state index is 10.7. The summed E-state index contributed by atoms with van der Waals surface area (Å²) in [7, 11) is 0. The molecule has 0 unspecified atom stereocenters. The third-order valence-electron chi connectivity index (χ3n) is 2.86. The third-order valence-corrected chi connectivity index (χ3v) is 2.86. The molecule has 88 valence electrons. The van der Waals surface area contributed by atoms with Crippen molar-refractivity contribution < 1.29 is 9.90 Å². The number of hydrogen-bond donors (Lipinski definition) is 2. The number of rotatable bonds is 1. The van der Waals surface area contributed by atoms with Gasteiger partial charge in [-0.25, -0.2) is 4.79 Å². The predicted octanol–water partition coefficient (Wildman–Crippen LogP) is 2.07. The summed E-state index contributed by atoms with van der Waals surface area (Å²) in [5, 5.41) is 12.2. The number of aliphatic carboxylic acids is 1. The predicted molar refractivity (Wildman–Crippen MR) is 63.4 cm³/mol. The Morgan fingerprint density at radius 2 is 1.67 bits per heavy atom. The summed E-state index contributed by atoms with van der Waals surface area (Å²) in [5.74, 6) is -0.844. The molecule has 1 heterocycles. The average molecular weight is 234 g/mol. The molecule has 1 aliphatic heterocycles. The highest BCUT2D eigenvalue weighted by Crippen LogP contribution is 2.41. The summed E-state index contributed by atoms with van der Waals surface area (Å²) in [6.07, 6.45) is 1.38. The van der Waals surface area contributed by atoms with E-state index in [0.29, 0.717) is 0 Å². The van der Waals surface area contributed by atoms with E-state index in [2.05, 4.69) is 33.0 Å². The summed E-state index contributed by atoms with van der Waals surface area (Å²) in [5.41, 5.74) is 0.886. The Kier molecular flexibility index (Phi) is 4.37. The van der Waals surface area contributed by atoms with E-state index in [-0.39, 0.29) is 23.2 Å². The van der Waals surface area contributed by atoms with Gasteiger partial charge in [-0.2, -0.15) is 0 Å². The molecule has 1 saturated heterocycles.